The molecular weight excluding hydrogens is 328 g/mol. The van der Waals surface area contributed by atoms with Crippen molar-refractivity contribution in [1.29, 1.82) is 0 Å². The molecule has 7 heteroatoms. The van der Waals surface area contributed by atoms with E-state index in [0.717, 1.165) is 22.6 Å². The van der Waals surface area contributed by atoms with Gasteiger partial charge in [0, 0.05) is 23.2 Å². The first-order valence-corrected chi connectivity index (χ1v) is 8.32. The van der Waals surface area contributed by atoms with Crippen LogP contribution in [0.4, 0.5) is 0 Å². The maximum atomic E-state index is 11.8. The Bertz CT molecular complexity index is 879. The number of nitrogens with zero attached hydrogens (tertiary/aromatic N) is 2. The lowest BCUT2D eigenvalue weighted by molar-refractivity contribution is -0.145. The number of hydrogen-bond donors (Lipinski definition) is 0. The third-order valence-corrected chi connectivity index (χ3v) is 4.37. The molecule has 124 valence electrons. The third kappa shape index (κ3) is 3.80. The van der Waals surface area contributed by atoms with Gasteiger partial charge in [0.2, 0.25) is 5.89 Å². The Morgan fingerprint density at radius 1 is 1.33 bits per heavy atom. The fraction of sp³-hybridized carbons (Fsp3) is 0.235. The Morgan fingerprint density at radius 2 is 2.12 bits per heavy atom. The fourth-order valence-corrected chi connectivity index (χ4v) is 2.97. The molecule has 3 rings (SSSR count). The van der Waals surface area contributed by atoms with E-state index in [1.54, 1.807) is 16.1 Å². The summed E-state index contributed by atoms with van der Waals surface area (Å²) in [6, 6.07) is 9.56. The summed E-state index contributed by atoms with van der Waals surface area (Å²) in [7, 11) is 0. The van der Waals surface area contributed by atoms with Crippen LogP contribution >= 0.6 is 11.3 Å². The Morgan fingerprint density at radius 3 is 2.83 bits per heavy atom. The molecule has 0 saturated carbocycles. The van der Waals surface area contributed by atoms with E-state index in [1.807, 2.05) is 37.3 Å². The number of rotatable bonds is 6. The Balaban J connectivity index is 1.52. The maximum absolute atomic E-state index is 11.8. The molecule has 0 amide bonds. The summed E-state index contributed by atoms with van der Waals surface area (Å²) in [5.41, 5.74) is 1.76. The molecule has 0 bridgehead atoms. The highest BCUT2D eigenvalue weighted by Gasteiger charge is 2.11. The van der Waals surface area contributed by atoms with Crippen molar-refractivity contribution in [2.75, 3.05) is 0 Å². The minimum atomic E-state index is -0.396. The van der Waals surface area contributed by atoms with Gasteiger partial charge in [-0.25, -0.2) is 4.98 Å². The summed E-state index contributed by atoms with van der Waals surface area (Å²) in [4.78, 5) is 27.4. The standard InChI is InChI=1S/C17H16N2O4S/c1-12-11-24-17(21)19(12)8-7-16(20)22-10-15-18-9-14(23-15)13-5-3-2-4-6-13/h2-6,9,11H,7-8,10H2,1H3. The van der Waals surface area contributed by atoms with Crippen LogP contribution in [0.25, 0.3) is 11.3 Å². The smallest absolute Gasteiger partial charge is 0.308 e. The minimum Gasteiger partial charge on any atom is -0.456 e. The lowest BCUT2D eigenvalue weighted by atomic mass is 10.2. The van der Waals surface area contributed by atoms with E-state index in [4.69, 9.17) is 9.15 Å². The number of benzene rings is 1. The van der Waals surface area contributed by atoms with Crippen LogP contribution in [0.5, 0.6) is 0 Å². The van der Waals surface area contributed by atoms with Gasteiger partial charge in [0.25, 0.3) is 0 Å². The first-order chi connectivity index (χ1) is 11.6. The number of esters is 1. The summed E-state index contributed by atoms with van der Waals surface area (Å²) in [6.45, 7) is 2.12. The van der Waals surface area contributed by atoms with Gasteiger partial charge in [-0.1, -0.05) is 41.7 Å². The number of aromatic nitrogens is 2. The molecule has 0 fully saturated rings. The summed E-state index contributed by atoms with van der Waals surface area (Å²) < 4.78 is 12.3. The van der Waals surface area contributed by atoms with Gasteiger partial charge in [0.1, 0.15) is 0 Å². The van der Waals surface area contributed by atoms with Crippen molar-refractivity contribution in [3.05, 3.63) is 63.2 Å². The van der Waals surface area contributed by atoms with Crippen molar-refractivity contribution in [2.45, 2.75) is 26.5 Å². The summed E-state index contributed by atoms with van der Waals surface area (Å²) >= 11 is 1.12. The molecule has 0 aliphatic heterocycles. The van der Waals surface area contributed by atoms with Crippen LogP contribution in [-0.4, -0.2) is 15.5 Å². The van der Waals surface area contributed by atoms with E-state index in [2.05, 4.69) is 4.98 Å². The van der Waals surface area contributed by atoms with Gasteiger partial charge in [-0.2, -0.15) is 0 Å². The largest absolute Gasteiger partial charge is 0.456 e. The van der Waals surface area contributed by atoms with E-state index in [0.29, 0.717) is 18.2 Å². The highest BCUT2D eigenvalue weighted by atomic mass is 32.1. The van der Waals surface area contributed by atoms with E-state index in [9.17, 15) is 9.59 Å². The van der Waals surface area contributed by atoms with Crippen molar-refractivity contribution in [1.82, 2.24) is 9.55 Å². The summed E-state index contributed by atoms with van der Waals surface area (Å²) in [6.07, 6.45) is 1.73. The van der Waals surface area contributed by atoms with E-state index in [-0.39, 0.29) is 17.9 Å². The van der Waals surface area contributed by atoms with E-state index in [1.165, 1.54) is 0 Å². The van der Waals surface area contributed by atoms with Gasteiger partial charge in [0.05, 0.1) is 12.6 Å². The van der Waals surface area contributed by atoms with Crippen LogP contribution < -0.4 is 4.87 Å². The molecule has 0 spiro atoms. The average Bonchev–Trinajstić information content (AvgIpc) is 3.19. The SMILES string of the molecule is Cc1csc(=O)n1CCC(=O)OCc1ncc(-c2ccccc2)o1. The van der Waals surface area contributed by atoms with Crippen molar-refractivity contribution in [2.24, 2.45) is 0 Å². The molecule has 3 aromatic rings. The first kappa shape index (κ1) is 16.2. The van der Waals surface area contributed by atoms with Gasteiger partial charge in [0.15, 0.2) is 12.4 Å². The van der Waals surface area contributed by atoms with Crippen molar-refractivity contribution < 1.29 is 13.9 Å². The lowest BCUT2D eigenvalue weighted by Gasteiger charge is -2.04. The summed E-state index contributed by atoms with van der Waals surface area (Å²) in [5.74, 6) is 0.570. The van der Waals surface area contributed by atoms with Gasteiger partial charge in [-0.15, -0.1) is 0 Å². The minimum absolute atomic E-state index is 0.0246. The number of thiazole rings is 1. The predicted molar refractivity (Wildman–Crippen MR) is 89.7 cm³/mol. The van der Waals surface area contributed by atoms with Crippen LogP contribution in [0.2, 0.25) is 0 Å². The van der Waals surface area contributed by atoms with Crippen LogP contribution in [0.3, 0.4) is 0 Å². The Labute approximate surface area is 142 Å². The van der Waals surface area contributed by atoms with E-state index < -0.39 is 5.97 Å². The molecular formula is C17H16N2O4S. The van der Waals surface area contributed by atoms with Gasteiger partial charge in [-0.05, 0) is 6.92 Å². The number of carbonyl (C=O) groups excluding carboxylic acids is 1. The molecule has 0 unspecified atom stereocenters. The number of carbonyl (C=O) groups is 1. The second kappa shape index (κ2) is 7.27. The highest BCUT2D eigenvalue weighted by molar-refractivity contribution is 7.07. The average molecular weight is 344 g/mol. The maximum Gasteiger partial charge on any atom is 0.308 e. The number of hydrogen-bond acceptors (Lipinski definition) is 6. The molecule has 0 radical (unpaired) electrons. The van der Waals surface area contributed by atoms with Crippen LogP contribution in [0.15, 0.2) is 51.1 Å². The molecule has 0 saturated heterocycles. The van der Waals surface area contributed by atoms with Crippen molar-refractivity contribution in [3.63, 3.8) is 0 Å². The lowest BCUT2D eigenvalue weighted by Crippen LogP contribution is -2.17. The second-order valence-electron chi connectivity index (χ2n) is 5.19. The Hall–Kier alpha value is -2.67. The fourth-order valence-electron chi connectivity index (χ4n) is 2.20. The van der Waals surface area contributed by atoms with Gasteiger partial charge in [-0.3, -0.25) is 9.59 Å². The molecule has 2 heterocycles. The van der Waals surface area contributed by atoms with Gasteiger partial charge >= 0.3 is 10.8 Å². The monoisotopic (exact) mass is 344 g/mol. The van der Waals surface area contributed by atoms with E-state index >= 15 is 0 Å². The normalized spacial score (nSPS) is 10.7. The van der Waals surface area contributed by atoms with Crippen LogP contribution in [0, 0.1) is 6.92 Å². The summed E-state index contributed by atoms with van der Waals surface area (Å²) in [5, 5.41) is 1.77. The highest BCUT2D eigenvalue weighted by Crippen LogP contribution is 2.20. The predicted octanol–water partition coefficient (Wildman–Crippen LogP) is 3.01. The molecule has 0 atom stereocenters. The Kier molecular flexibility index (Phi) is 4.90. The molecule has 24 heavy (non-hydrogen) atoms. The molecule has 0 N–H and O–H groups in total. The van der Waals surface area contributed by atoms with Crippen LogP contribution in [-0.2, 0) is 22.7 Å². The molecule has 1 aromatic carbocycles. The zero-order valence-corrected chi connectivity index (χ0v) is 13.9. The quantitative estimate of drug-likeness (QED) is 0.643. The molecule has 6 nitrogen and oxygen atoms in total. The second-order valence-corrected chi connectivity index (χ2v) is 6.01. The number of oxazole rings is 1. The number of ether oxygens (including phenoxy) is 1. The topological polar surface area (TPSA) is 74.3 Å². The first-order valence-electron chi connectivity index (χ1n) is 7.44. The van der Waals surface area contributed by atoms with Crippen molar-refractivity contribution >= 4 is 17.3 Å². The zero-order chi connectivity index (χ0) is 16.9. The third-order valence-electron chi connectivity index (χ3n) is 3.48. The molecule has 0 aliphatic carbocycles. The zero-order valence-electron chi connectivity index (χ0n) is 13.1. The van der Waals surface area contributed by atoms with Crippen LogP contribution in [0.1, 0.15) is 18.0 Å². The van der Waals surface area contributed by atoms with Crippen molar-refractivity contribution in [3.8, 4) is 11.3 Å². The molecule has 2 aromatic heterocycles. The number of aryl methyl sites for hydroxylation is 1. The molecule has 0 aliphatic rings. The van der Waals surface area contributed by atoms with Gasteiger partial charge < -0.3 is 13.7 Å².